The summed E-state index contributed by atoms with van der Waals surface area (Å²) in [4.78, 5) is 25.0. The van der Waals surface area contributed by atoms with Crippen LogP contribution >= 0.6 is 15.9 Å². The number of amides is 1. The van der Waals surface area contributed by atoms with Crippen molar-refractivity contribution in [2.75, 3.05) is 25.0 Å². The molecule has 0 aromatic carbocycles. The van der Waals surface area contributed by atoms with Gasteiger partial charge in [0.1, 0.15) is 5.82 Å². The number of aliphatic imine (C=N–C) groups is 1. The van der Waals surface area contributed by atoms with E-state index in [2.05, 4.69) is 30.8 Å². The van der Waals surface area contributed by atoms with E-state index in [1.165, 1.54) is 4.90 Å². The van der Waals surface area contributed by atoms with Crippen LogP contribution in [0, 0.1) is 5.92 Å². The molecule has 0 saturated carbocycles. The molecule has 2 aliphatic rings. The van der Waals surface area contributed by atoms with Gasteiger partial charge in [-0.2, -0.15) is 0 Å². The Hall–Kier alpha value is -1.63. The van der Waals surface area contributed by atoms with Gasteiger partial charge in [-0.05, 0) is 31.9 Å². The summed E-state index contributed by atoms with van der Waals surface area (Å²) >= 11 is 3.50. The second-order valence-electron chi connectivity index (χ2n) is 6.57. The smallest absolute Gasteiger partial charge is 0.231 e. The van der Waals surface area contributed by atoms with Crippen LogP contribution in [0.4, 0.5) is 5.82 Å². The van der Waals surface area contributed by atoms with Gasteiger partial charge in [-0.25, -0.2) is 9.98 Å². The first kappa shape index (κ1) is 16.2. The van der Waals surface area contributed by atoms with Crippen molar-refractivity contribution < 1.29 is 4.79 Å². The zero-order valence-corrected chi connectivity index (χ0v) is 15.1. The molecule has 1 saturated heterocycles. The SMILES string of the molecule is CN1C(=O)C[C@@](C)(C2CCCN(c3cc(Br)ccn3)C2)N=C1N. The molecule has 6 nitrogen and oxygen atoms in total. The third-order valence-electron chi connectivity index (χ3n) is 4.93. The first-order valence-corrected chi connectivity index (χ1v) is 8.67. The number of guanidine groups is 1. The highest BCUT2D eigenvalue weighted by molar-refractivity contribution is 9.10. The number of hydrogen-bond acceptors (Lipinski definition) is 5. The Labute approximate surface area is 144 Å². The maximum absolute atomic E-state index is 12.2. The van der Waals surface area contributed by atoms with Crippen molar-refractivity contribution in [1.82, 2.24) is 9.88 Å². The van der Waals surface area contributed by atoms with E-state index in [1.54, 1.807) is 13.2 Å². The molecular weight excluding hydrogens is 358 g/mol. The summed E-state index contributed by atoms with van der Waals surface area (Å²) in [6.45, 7) is 3.87. The van der Waals surface area contributed by atoms with E-state index in [0.717, 1.165) is 36.2 Å². The molecule has 7 heteroatoms. The quantitative estimate of drug-likeness (QED) is 0.852. The summed E-state index contributed by atoms with van der Waals surface area (Å²) in [6, 6.07) is 3.95. The highest BCUT2D eigenvalue weighted by Crippen LogP contribution is 2.36. The number of halogens is 1. The average molecular weight is 380 g/mol. The Morgan fingerprint density at radius 1 is 1.48 bits per heavy atom. The normalized spacial score (nSPS) is 28.7. The van der Waals surface area contributed by atoms with Crippen LogP contribution in [0.3, 0.4) is 0 Å². The first-order chi connectivity index (χ1) is 10.9. The summed E-state index contributed by atoms with van der Waals surface area (Å²) in [5, 5.41) is 0. The molecule has 3 heterocycles. The number of nitrogens with two attached hydrogens (primary N) is 1. The van der Waals surface area contributed by atoms with Crippen LogP contribution in [-0.2, 0) is 4.79 Å². The molecule has 23 heavy (non-hydrogen) atoms. The second-order valence-corrected chi connectivity index (χ2v) is 7.49. The predicted molar refractivity (Wildman–Crippen MR) is 94.3 cm³/mol. The topological polar surface area (TPSA) is 74.8 Å². The van der Waals surface area contributed by atoms with Crippen LogP contribution in [0.2, 0.25) is 0 Å². The highest BCUT2D eigenvalue weighted by Gasteiger charge is 2.42. The van der Waals surface area contributed by atoms with E-state index >= 15 is 0 Å². The van der Waals surface area contributed by atoms with Crippen molar-refractivity contribution in [3.8, 4) is 0 Å². The van der Waals surface area contributed by atoms with E-state index < -0.39 is 5.54 Å². The van der Waals surface area contributed by atoms with Crippen LogP contribution in [0.1, 0.15) is 26.2 Å². The van der Waals surface area contributed by atoms with Gasteiger partial charge < -0.3 is 10.6 Å². The Bertz CT molecular complexity index is 649. The van der Waals surface area contributed by atoms with Crippen LogP contribution in [0.15, 0.2) is 27.8 Å². The lowest BCUT2D eigenvalue weighted by Gasteiger charge is -2.44. The van der Waals surface area contributed by atoms with E-state index in [1.807, 2.05) is 19.1 Å². The van der Waals surface area contributed by atoms with Gasteiger partial charge in [0.2, 0.25) is 5.91 Å². The minimum atomic E-state index is -0.432. The number of anilines is 1. The Kier molecular flexibility index (Phi) is 4.31. The van der Waals surface area contributed by atoms with Crippen LogP contribution in [0.5, 0.6) is 0 Å². The van der Waals surface area contributed by atoms with Crippen LogP contribution < -0.4 is 10.6 Å². The van der Waals surface area contributed by atoms with E-state index in [0.29, 0.717) is 12.4 Å². The van der Waals surface area contributed by atoms with Crippen molar-refractivity contribution in [3.63, 3.8) is 0 Å². The third-order valence-corrected chi connectivity index (χ3v) is 5.42. The van der Waals surface area contributed by atoms with E-state index in [9.17, 15) is 4.79 Å². The predicted octanol–water partition coefficient (Wildman–Crippen LogP) is 2.00. The number of carbonyl (C=O) groups is 1. The number of aromatic nitrogens is 1. The van der Waals surface area contributed by atoms with E-state index in [-0.39, 0.29) is 11.8 Å². The molecule has 1 fully saturated rings. The molecule has 0 aliphatic carbocycles. The molecule has 2 atom stereocenters. The second kappa shape index (κ2) is 6.11. The summed E-state index contributed by atoms with van der Waals surface area (Å²) in [5.41, 5.74) is 5.51. The number of rotatable bonds is 2. The molecule has 0 spiro atoms. The lowest BCUT2D eigenvalue weighted by Crippen LogP contribution is -2.54. The minimum absolute atomic E-state index is 0.0395. The lowest BCUT2D eigenvalue weighted by molar-refractivity contribution is -0.129. The number of pyridine rings is 1. The maximum Gasteiger partial charge on any atom is 0.231 e. The lowest BCUT2D eigenvalue weighted by atomic mass is 9.77. The molecule has 1 aromatic rings. The molecule has 124 valence electrons. The fraction of sp³-hybridized carbons (Fsp3) is 0.562. The van der Waals surface area contributed by atoms with Crippen molar-refractivity contribution in [2.45, 2.75) is 31.7 Å². The first-order valence-electron chi connectivity index (χ1n) is 7.87. The number of piperidine rings is 1. The van der Waals surface area contributed by atoms with Crippen LogP contribution in [-0.4, -0.2) is 47.4 Å². The molecule has 2 N–H and O–H groups in total. The number of carbonyl (C=O) groups excluding carboxylic acids is 1. The van der Waals surface area contributed by atoms with Gasteiger partial charge in [0, 0.05) is 36.7 Å². The molecule has 1 aromatic heterocycles. The van der Waals surface area contributed by atoms with Gasteiger partial charge in [0.25, 0.3) is 0 Å². The molecule has 2 aliphatic heterocycles. The Morgan fingerprint density at radius 2 is 2.26 bits per heavy atom. The van der Waals surface area contributed by atoms with E-state index in [4.69, 9.17) is 5.73 Å². The van der Waals surface area contributed by atoms with Gasteiger partial charge in [-0.1, -0.05) is 15.9 Å². The fourth-order valence-electron chi connectivity index (χ4n) is 3.42. The molecule has 0 radical (unpaired) electrons. The maximum atomic E-state index is 12.2. The van der Waals surface area contributed by atoms with Gasteiger partial charge in [0.15, 0.2) is 5.96 Å². The summed E-state index contributed by atoms with van der Waals surface area (Å²) in [6.07, 6.45) is 4.33. The van der Waals surface area contributed by atoms with Gasteiger partial charge in [-0.15, -0.1) is 0 Å². The van der Waals surface area contributed by atoms with Gasteiger partial charge in [-0.3, -0.25) is 9.69 Å². The third kappa shape index (κ3) is 3.20. The molecule has 1 amide bonds. The zero-order chi connectivity index (χ0) is 16.6. The number of nitrogens with zero attached hydrogens (tertiary/aromatic N) is 4. The minimum Gasteiger partial charge on any atom is -0.369 e. The van der Waals surface area contributed by atoms with Crippen molar-refractivity contribution in [2.24, 2.45) is 16.6 Å². The average Bonchev–Trinajstić information content (AvgIpc) is 2.53. The van der Waals surface area contributed by atoms with Crippen molar-refractivity contribution in [1.29, 1.82) is 0 Å². The molecule has 0 bridgehead atoms. The molecular formula is C16H22BrN5O. The summed E-state index contributed by atoms with van der Waals surface area (Å²) in [5.74, 6) is 1.61. The van der Waals surface area contributed by atoms with Gasteiger partial charge in [0.05, 0.1) is 12.0 Å². The monoisotopic (exact) mass is 379 g/mol. The Morgan fingerprint density at radius 3 is 2.96 bits per heavy atom. The molecule has 3 rings (SSSR count). The zero-order valence-electron chi connectivity index (χ0n) is 13.5. The fourth-order valence-corrected chi connectivity index (χ4v) is 3.75. The highest BCUT2D eigenvalue weighted by atomic mass is 79.9. The summed E-state index contributed by atoms with van der Waals surface area (Å²) in [7, 11) is 1.68. The standard InChI is InChI=1S/C16H22BrN5O/c1-16(9-14(23)21(2)15(18)20-16)11-4-3-7-22(10-11)13-8-12(17)5-6-19-13/h5-6,8,11H,3-4,7,9-10H2,1-2H3,(H2,18,20)/t11?,16-/m0/s1. The van der Waals surface area contributed by atoms with Crippen molar-refractivity contribution >= 4 is 33.6 Å². The summed E-state index contributed by atoms with van der Waals surface area (Å²) < 4.78 is 1.02. The van der Waals surface area contributed by atoms with Crippen LogP contribution in [0.25, 0.3) is 0 Å². The largest absolute Gasteiger partial charge is 0.369 e. The van der Waals surface area contributed by atoms with Gasteiger partial charge >= 0.3 is 0 Å². The number of hydrogen-bond donors (Lipinski definition) is 1. The Balaban J connectivity index is 1.82. The van der Waals surface area contributed by atoms with Crippen molar-refractivity contribution in [3.05, 3.63) is 22.8 Å². The molecule has 1 unspecified atom stereocenters.